The molecule has 0 bridgehead atoms. The lowest BCUT2D eigenvalue weighted by Gasteiger charge is -2.11. The first-order valence-corrected chi connectivity index (χ1v) is 5.89. The molecule has 0 aromatic heterocycles. The lowest BCUT2D eigenvalue weighted by Crippen LogP contribution is -2.04. The second-order valence-electron chi connectivity index (χ2n) is 3.59. The molecular weight excluding hydrogens is 218 g/mol. The van der Waals surface area contributed by atoms with Gasteiger partial charge < -0.3 is 19.9 Å². The first-order chi connectivity index (χ1) is 8.31. The fourth-order valence-corrected chi connectivity index (χ4v) is 1.45. The molecule has 0 saturated heterocycles. The van der Waals surface area contributed by atoms with E-state index in [0.29, 0.717) is 13.2 Å². The number of hydrogen-bond donors (Lipinski definition) is 1. The maximum absolute atomic E-state index is 5.63. The van der Waals surface area contributed by atoms with E-state index in [9.17, 15) is 0 Å². The van der Waals surface area contributed by atoms with Crippen LogP contribution in [0.4, 0.5) is 0 Å². The molecule has 0 atom stereocenters. The van der Waals surface area contributed by atoms with Crippen LogP contribution in [0.5, 0.6) is 11.5 Å². The van der Waals surface area contributed by atoms with Gasteiger partial charge in [0.1, 0.15) is 0 Å². The van der Waals surface area contributed by atoms with Gasteiger partial charge in [-0.3, -0.25) is 0 Å². The standard InChI is InChI=1S/C13H21NO3/c1-3-16-7-4-8-17-12-6-5-11(10-14)9-13(12)15-2/h5-6,9H,3-4,7-8,10,14H2,1-2H3. The van der Waals surface area contributed by atoms with Crippen molar-refractivity contribution in [1.29, 1.82) is 0 Å². The summed E-state index contributed by atoms with van der Waals surface area (Å²) >= 11 is 0. The summed E-state index contributed by atoms with van der Waals surface area (Å²) in [6, 6.07) is 5.74. The molecule has 0 aliphatic carbocycles. The summed E-state index contributed by atoms with van der Waals surface area (Å²) in [5, 5.41) is 0. The Morgan fingerprint density at radius 1 is 1.18 bits per heavy atom. The lowest BCUT2D eigenvalue weighted by atomic mass is 10.2. The Kier molecular flexibility index (Phi) is 6.43. The van der Waals surface area contributed by atoms with Crippen molar-refractivity contribution in [2.75, 3.05) is 26.9 Å². The smallest absolute Gasteiger partial charge is 0.161 e. The van der Waals surface area contributed by atoms with Crippen molar-refractivity contribution >= 4 is 0 Å². The fourth-order valence-electron chi connectivity index (χ4n) is 1.45. The highest BCUT2D eigenvalue weighted by atomic mass is 16.5. The molecule has 1 aromatic carbocycles. The van der Waals surface area contributed by atoms with Crippen molar-refractivity contribution < 1.29 is 14.2 Å². The molecule has 0 saturated carbocycles. The van der Waals surface area contributed by atoms with Crippen LogP contribution in [-0.4, -0.2) is 26.9 Å². The average molecular weight is 239 g/mol. The third-order valence-electron chi connectivity index (χ3n) is 2.36. The number of ether oxygens (including phenoxy) is 3. The predicted octanol–water partition coefficient (Wildman–Crippen LogP) is 1.96. The van der Waals surface area contributed by atoms with E-state index < -0.39 is 0 Å². The Morgan fingerprint density at radius 2 is 2.00 bits per heavy atom. The minimum Gasteiger partial charge on any atom is -0.493 e. The molecule has 0 aliphatic rings. The topological polar surface area (TPSA) is 53.7 Å². The van der Waals surface area contributed by atoms with Crippen molar-refractivity contribution in [3.05, 3.63) is 23.8 Å². The zero-order valence-electron chi connectivity index (χ0n) is 10.6. The number of benzene rings is 1. The largest absolute Gasteiger partial charge is 0.493 e. The average Bonchev–Trinajstić information content (AvgIpc) is 2.38. The summed E-state index contributed by atoms with van der Waals surface area (Å²) in [6.45, 7) is 4.57. The van der Waals surface area contributed by atoms with Crippen LogP contribution in [-0.2, 0) is 11.3 Å². The van der Waals surface area contributed by atoms with Gasteiger partial charge in [0.15, 0.2) is 11.5 Å². The maximum Gasteiger partial charge on any atom is 0.161 e. The highest BCUT2D eigenvalue weighted by Crippen LogP contribution is 2.27. The van der Waals surface area contributed by atoms with Gasteiger partial charge in [0.05, 0.1) is 13.7 Å². The molecule has 4 nitrogen and oxygen atoms in total. The number of hydrogen-bond acceptors (Lipinski definition) is 4. The first kappa shape index (κ1) is 13.8. The highest BCUT2D eigenvalue weighted by Gasteiger charge is 2.04. The van der Waals surface area contributed by atoms with E-state index >= 15 is 0 Å². The zero-order chi connectivity index (χ0) is 12.5. The van der Waals surface area contributed by atoms with Crippen LogP contribution in [0.2, 0.25) is 0 Å². The quantitative estimate of drug-likeness (QED) is 0.705. The minimum absolute atomic E-state index is 0.501. The van der Waals surface area contributed by atoms with Gasteiger partial charge in [0, 0.05) is 26.2 Å². The van der Waals surface area contributed by atoms with Crippen LogP contribution in [0.15, 0.2) is 18.2 Å². The third-order valence-corrected chi connectivity index (χ3v) is 2.36. The Hall–Kier alpha value is -1.26. The molecule has 1 rings (SSSR count). The summed E-state index contributed by atoms with van der Waals surface area (Å²) in [7, 11) is 1.63. The zero-order valence-corrected chi connectivity index (χ0v) is 10.6. The Balaban J connectivity index is 2.46. The van der Waals surface area contributed by atoms with Gasteiger partial charge in [-0.1, -0.05) is 6.07 Å². The van der Waals surface area contributed by atoms with Crippen LogP contribution in [0.3, 0.4) is 0 Å². The van der Waals surface area contributed by atoms with Gasteiger partial charge in [-0.25, -0.2) is 0 Å². The first-order valence-electron chi connectivity index (χ1n) is 5.89. The summed E-state index contributed by atoms with van der Waals surface area (Å²) in [4.78, 5) is 0. The Labute approximate surface area is 103 Å². The van der Waals surface area contributed by atoms with Gasteiger partial charge in [0.25, 0.3) is 0 Å². The second-order valence-corrected chi connectivity index (χ2v) is 3.59. The van der Waals surface area contributed by atoms with Crippen molar-refractivity contribution in [2.45, 2.75) is 19.9 Å². The predicted molar refractivity (Wildman–Crippen MR) is 67.5 cm³/mol. The molecule has 17 heavy (non-hydrogen) atoms. The molecule has 0 spiro atoms. The van der Waals surface area contributed by atoms with Crippen LogP contribution < -0.4 is 15.2 Å². The second kappa shape index (κ2) is 7.92. The van der Waals surface area contributed by atoms with Crippen molar-refractivity contribution in [1.82, 2.24) is 0 Å². The van der Waals surface area contributed by atoms with E-state index in [1.54, 1.807) is 7.11 Å². The van der Waals surface area contributed by atoms with Crippen molar-refractivity contribution in [2.24, 2.45) is 5.73 Å². The van der Waals surface area contributed by atoms with E-state index in [-0.39, 0.29) is 0 Å². The van der Waals surface area contributed by atoms with Crippen LogP contribution >= 0.6 is 0 Å². The molecule has 96 valence electrons. The van der Waals surface area contributed by atoms with E-state index in [1.807, 2.05) is 25.1 Å². The van der Waals surface area contributed by atoms with Crippen molar-refractivity contribution in [3.8, 4) is 11.5 Å². The fraction of sp³-hybridized carbons (Fsp3) is 0.538. The normalized spacial score (nSPS) is 10.3. The van der Waals surface area contributed by atoms with Crippen molar-refractivity contribution in [3.63, 3.8) is 0 Å². The number of rotatable bonds is 8. The Morgan fingerprint density at radius 3 is 2.65 bits per heavy atom. The number of nitrogens with two attached hydrogens (primary N) is 1. The molecule has 0 radical (unpaired) electrons. The molecule has 4 heteroatoms. The summed E-state index contributed by atoms with van der Waals surface area (Å²) in [5.74, 6) is 1.48. The van der Waals surface area contributed by atoms with E-state index in [1.165, 1.54) is 0 Å². The summed E-state index contributed by atoms with van der Waals surface area (Å²) < 4.78 is 16.1. The maximum atomic E-state index is 5.63. The summed E-state index contributed by atoms with van der Waals surface area (Å²) in [5.41, 5.74) is 6.60. The molecule has 2 N–H and O–H groups in total. The Bertz CT molecular complexity index is 328. The van der Waals surface area contributed by atoms with Crippen LogP contribution in [0.25, 0.3) is 0 Å². The van der Waals surface area contributed by atoms with Gasteiger partial charge in [-0.2, -0.15) is 0 Å². The molecule has 0 fully saturated rings. The molecular formula is C13H21NO3. The monoisotopic (exact) mass is 239 g/mol. The summed E-state index contributed by atoms with van der Waals surface area (Å²) in [6.07, 6.45) is 0.871. The highest BCUT2D eigenvalue weighted by molar-refractivity contribution is 5.42. The van der Waals surface area contributed by atoms with E-state index in [4.69, 9.17) is 19.9 Å². The molecule has 0 heterocycles. The molecule has 1 aromatic rings. The third kappa shape index (κ3) is 4.63. The van der Waals surface area contributed by atoms with Gasteiger partial charge in [-0.05, 0) is 24.6 Å². The SMILES string of the molecule is CCOCCCOc1ccc(CN)cc1OC. The van der Waals surface area contributed by atoms with Crippen LogP contribution in [0, 0.1) is 0 Å². The van der Waals surface area contributed by atoms with E-state index in [0.717, 1.165) is 36.7 Å². The number of methoxy groups -OCH3 is 1. The minimum atomic E-state index is 0.501. The van der Waals surface area contributed by atoms with Gasteiger partial charge in [-0.15, -0.1) is 0 Å². The van der Waals surface area contributed by atoms with Gasteiger partial charge >= 0.3 is 0 Å². The molecule has 0 aliphatic heterocycles. The molecule has 0 unspecified atom stereocenters. The molecule has 0 amide bonds. The van der Waals surface area contributed by atoms with Gasteiger partial charge in [0.2, 0.25) is 0 Å². The lowest BCUT2D eigenvalue weighted by molar-refractivity contribution is 0.130. The van der Waals surface area contributed by atoms with Crippen LogP contribution in [0.1, 0.15) is 18.9 Å². The van der Waals surface area contributed by atoms with E-state index in [2.05, 4.69) is 0 Å².